The maximum atomic E-state index is 5.60. The number of methoxy groups -OCH3 is 1. The van der Waals surface area contributed by atoms with Crippen LogP contribution >= 0.6 is 11.8 Å². The monoisotopic (exact) mass is 254 g/mol. The average molecular weight is 254 g/mol. The first-order valence-electron chi connectivity index (χ1n) is 5.78. The summed E-state index contributed by atoms with van der Waals surface area (Å²) in [7, 11) is 1.57. The number of thioether (sulfide) groups is 1. The van der Waals surface area contributed by atoms with Crippen molar-refractivity contribution in [3.63, 3.8) is 0 Å². The van der Waals surface area contributed by atoms with Crippen molar-refractivity contribution >= 4 is 23.5 Å². The van der Waals surface area contributed by atoms with Gasteiger partial charge < -0.3 is 15.8 Å². The van der Waals surface area contributed by atoms with E-state index in [1.54, 1.807) is 13.2 Å². The molecular weight excluding hydrogens is 236 g/mol. The highest BCUT2D eigenvalue weighted by Crippen LogP contribution is 2.23. The summed E-state index contributed by atoms with van der Waals surface area (Å²) in [5.74, 6) is 4.75. The first-order chi connectivity index (χ1) is 8.28. The first kappa shape index (κ1) is 12.3. The van der Waals surface area contributed by atoms with E-state index in [9.17, 15) is 0 Å². The average Bonchev–Trinajstić information content (AvgIpc) is 2.37. The molecule has 1 aliphatic heterocycles. The summed E-state index contributed by atoms with van der Waals surface area (Å²) in [6, 6.07) is 1.77. The van der Waals surface area contributed by atoms with Gasteiger partial charge in [-0.15, -0.1) is 0 Å². The summed E-state index contributed by atoms with van der Waals surface area (Å²) in [5.41, 5.74) is 5.60. The zero-order valence-electron chi connectivity index (χ0n) is 9.98. The Bertz CT molecular complexity index is 368. The van der Waals surface area contributed by atoms with Crippen LogP contribution in [-0.4, -0.2) is 35.1 Å². The van der Waals surface area contributed by atoms with E-state index >= 15 is 0 Å². The van der Waals surface area contributed by atoms with Gasteiger partial charge in [-0.2, -0.15) is 21.7 Å². The van der Waals surface area contributed by atoms with Crippen LogP contribution in [0.15, 0.2) is 6.07 Å². The molecular formula is C11H18N4OS. The maximum Gasteiger partial charge on any atom is 0.225 e. The van der Waals surface area contributed by atoms with Gasteiger partial charge in [0.25, 0.3) is 0 Å². The van der Waals surface area contributed by atoms with E-state index < -0.39 is 0 Å². The van der Waals surface area contributed by atoms with Crippen LogP contribution in [0.4, 0.5) is 11.8 Å². The molecule has 94 valence electrons. The first-order valence-corrected chi connectivity index (χ1v) is 6.93. The zero-order valence-corrected chi connectivity index (χ0v) is 10.8. The molecule has 17 heavy (non-hydrogen) atoms. The van der Waals surface area contributed by atoms with Gasteiger partial charge in [0, 0.05) is 12.6 Å². The zero-order chi connectivity index (χ0) is 12.1. The number of ether oxygens (including phenoxy) is 1. The van der Waals surface area contributed by atoms with Crippen molar-refractivity contribution in [3.8, 4) is 5.88 Å². The van der Waals surface area contributed by atoms with Crippen molar-refractivity contribution in [2.45, 2.75) is 12.8 Å². The van der Waals surface area contributed by atoms with Crippen molar-refractivity contribution in [1.82, 2.24) is 9.97 Å². The molecule has 0 bridgehead atoms. The molecule has 0 saturated carbocycles. The minimum absolute atomic E-state index is 0.242. The number of hydrogen-bond donors (Lipinski definition) is 2. The van der Waals surface area contributed by atoms with Gasteiger partial charge in [0.05, 0.1) is 7.11 Å². The van der Waals surface area contributed by atoms with Crippen LogP contribution in [0.5, 0.6) is 5.88 Å². The summed E-state index contributed by atoms with van der Waals surface area (Å²) in [6.07, 6.45) is 2.55. The predicted molar refractivity (Wildman–Crippen MR) is 71.5 cm³/mol. The Hall–Kier alpha value is -1.17. The summed E-state index contributed by atoms with van der Waals surface area (Å²) in [6.45, 7) is 0.945. The third-order valence-corrected chi connectivity index (χ3v) is 3.89. The van der Waals surface area contributed by atoms with Crippen LogP contribution in [-0.2, 0) is 0 Å². The second-order valence-corrected chi connectivity index (χ2v) is 5.32. The van der Waals surface area contributed by atoms with Gasteiger partial charge in [0.1, 0.15) is 5.82 Å². The summed E-state index contributed by atoms with van der Waals surface area (Å²) < 4.78 is 5.05. The molecule has 1 saturated heterocycles. The van der Waals surface area contributed by atoms with Gasteiger partial charge in [-0.3, -0.25) is 0 Å². The van der Waals surface area contributed by atoms with Crippen LogP contribution in [0, 0.1) is 5.92 Å². The number of nitrogen functional groups attached to an aromatic ring is 1. The van der Waals surface area contributed by atoms with E-state index in [4.69, 9.17) is 10.5 Å². The van der Waals surface area contributed by atoms with Crippen molar-refractivity contribution in [2.24, 2.45) is 5.92 Å². The summed E-state index contributed by atoms with van der Waals surface area (Å²) >= 11 is 2.04. The fraction of sp³-hybridized carbons (Fsp3) is 0.636. The van der Waals surface area contributed by atoms with Crippen molar-refractivity contribution in [3.05, 3.63) is 6.07 Å². The molecule has 1 fully saturated rings. The van der Waals surface area contributed by atoms with Gasteiger partial charge in [0.15, 0.2) is 0 Å². The Labute approximate surface area is 106 Å². The lowest BCUT2D eigenvalue weighted by Crippen LogP contribution is -2.19. The van der Waals surface area contributed by atoms with E-state index in [0.717, 1.165) is 18.3 Å². The van der Waals surface area contributed by atoms with E-state index in [2.05, 4.69) is 15.3 Å². The molecule has 1 aromatic heterocycles. The molecule has 0 aliphatic carbocycles. The van der Waals surface area contributed by atoms with Gasteiger partial charge in [-0.25, -0.2) is 0 Å². The topological polar surface area (TPSA) is 73.1 Å². The van der Waals surface area contributed by atoms with E-state index in [1.165, 1.54) is 24.3 Å². The SMILES string of the molecule is COc1cc(NCC2CCSCC2)nc(N)n1. The quantitative estimate of drug-likeness (QED) is 0.850. The molecule has 0 unspecified atom stereocenters. The Balaban J connectivity index is 1.91. The van der Waals surface area contributed by atoms with Gasteiger partial charge in [0.2, 0.25) is 11.8 Å². The Morgan fingerprint density at radius 1 is 1.47 bits per heavy atom. The number of anilines is 2. The molecule has 1 aliphatic rings. The molecule has 3 N–H and O–H groups in total. The minimum Gasteiger partial charge on any atom is -0.481 e. The highest BCUT2D eigenvalue weighted by atomic mass is 32.2. The molecule has 5 nitrogen and oxygen atoms in total. The van der Waals surface area contributed by atoms with Gasteiger partial charge in [-0.1, -0.05) is 0 Å². The van der Waals surface area contributed by atoms with E-state index in [-0.39, 0.29) is 5.95 Å². The standard InChI is InChI=1S/C11H18N4OS/c1-16-10-6-9(14-11(12)15-10)13-7-8-2-4-17-5-3-8/h6,8H,2-5,7H2,1H3,(H3,12,13,14,15). The number of hydrogen-bond acceptors (Lipinski definition) is 6. The lowest BCUT2D eigenvalue weighted by molar-refractivity contribution is 0.398. The van der Waals surface area contributed by atoms with Crippen LogP contribution in [0.1, 0.15) is 12.8 Å². The van der Waals surface area contributed by atoms with Crippen LogP contribution in [0.25, 0.3) is 0 Å². The van der Waals surface area contributed by atoms with Crippen LogP contribution in [0.2, 0.25) is 0 Å². The number of nitrogens with one attached hydrogen (secondary N) is 1. The second-order valence-electron chi connectivity index (χ2n) is 4.09. The fourth-order valence-electron chi connectivity index (χ4n) is 1.84. The smallest absolute Gasteiger partial charge is 0.225 e. The minimum atomic E-state index is 0.242. The lowest BCUT2D eigenvalue weighted by atomic mass is 10.0. The van der Waals surface area contributed by atoms with Gasteiger partial charge >= 0.3 is 0 Å². The Kier molecular flexibility index (Phi) is 4.30. The number of nitrogens with two attached hydrogens (primary N) is 1. The molecule has 0 aromatic carbocycles. The van der Waals surface area contributed by atoms with E-state index in [0.29, 0.717) is 5.88 Å². The molecule has 2 rings (SSSR count). The van der Waals surface area contributed by atoms with Crippen molar-refractivity contribution in [2.75, 3.05) is 36.2 Å². The molecule has 0 spiro atoms. The molecule has 0 radical (unpaired) electrons. The van der Waals surface area contributed by atoms with Crippen molar-refractivity contribution < 1.29 is 4.74 Å². The molecule has 1 aromatic rings. The third-order valence-electron chi connectivity index (χ3n) is 2.84. The molecule has 6 heteroatoms. The van der Waals surface area contributed by atoms with Gasteiger partial charge in [-0.05, 0) is 30.3 Å². The number of rotatable bonds is 4. The molecule has 0 atom stereocenters. The number of nitrogens with zero attached hydrogens (tertiary/aromatic N) is 2. The Morgan fingerprint density at radius 2 is 2.24 bits per heavy atom. The molecule has 2 heterocycles. The predicted octanol–water partition coefficient (Wildman–Crippen LogP) is 1.62. The highest BCUT2D eigenvalue weighted by Gasteiger charge is 2.13. The Morgan fingerprint density at radius 3 is 2.94 bits per heavy atom. The normalized spacial score (nSPS) is 16.8. The summed E-state index contributed by atoms with van der Waals surface area (Å²) in [4.78, 5) is 8.08. The highest BCUT2D eigenvalue weighted by molar-refractivity contribution is 7.99. The maximum absolute atomic E-state index is 5.60. The second kappa shape index (κ2) is 5.95. The lowest BCUT2D eigenvalue weighted by Gasteiger charge is -2.21. The number of aromatic nitrogens is 2. The summed E-state index contributed by atoms with van der Waals surface area (Å²) in [5, 5.41) is 3.31. The van der Waals surface area contributed by atoms with Crippen molar-refractivity contribution in [1.29, 1.82) is 0 Å². The van der Waals surface area contributed by atoms with Crippen LogP contribution < -0.4 is 15.8 Å². The van der Waals surface area contributed by atoms with Crippen LogP contribution in [0.3, 0.4) is 0 Å². The van der Waals surface area contributed by atoms with E-state index in [1.807, 2.05) is 11.8 Å². The largest absolute Gasteiger partial charge is 0.481 e. The molecule has 0 amide bonds. The third kappa shape index (κ3) is 3.66. The fourth-order valence-corrected chi connectivity index (χ4v) is 3.04.